The average molecular weight is 358 g/mol. The highest BCUT2D eigenvalue weighted by Gasteiger charge is 2.25. The van der Waals surface area contributed by atoms with Crippen LogP contribution >= 0.6 is 38.2 Å². The maximum absolute atomic E-state index is 13.3. The second-order valence-electron chi connectivity index (χ2n) is 2.73. The van der Waals surface area contributed by atoms with Crippen molar-refractivity contribution in [2.24, 2.45) is 0 Å². The molecule has 0 atom stereocenters. The number of halogens is 6. The Morgan fingerprint density at radius 1 is 1.12 bits per heavy atom. The standard InChI is InChI=1S/C7H2BrCl2F3O2S/c8-3-2(1-16(10,14)15)5(11)7(13)4(9)6(3)12/h1H2. The first kappa shape index (κ1) is 14.1. The summed E-state index contributed by atoms with van der Waals surface area (Å²) in [5.41, 5.74) is -0.741. The highest BCUT2D eigenvalue weighted by atomic mass is 79.9. The van der Waals surface area contributed by atoms with E-state index in [-0.39, 0.29) is 0 Å². The van der Waals surface area contributed by atoms with Crippen molar-refractivity contribution in [2.75, 3.05) is 0 Å². The van der Waals surface area contributed by atoms with Gasteiger partial charge in [-0.2, -0.15) is 0 Å². The first-order valence-corrected chi connectivity index (χ1v) is 7.22. The van der Waals surface area contributed by atoms with E-state index in [9.17, 15) is 21.6 Å². The van der Waals surface area contributed by atoms with Gasteiger partial charge in [0.25, 0.3) is 0 Å². The molecule has 1 aromatic carbocycles. The van der Waals surface area contributed by atoms with Crippen LogP contribution in [-0.2, 0) is 14.8 Å². The summed E-state index contributed by atoms with van der Waals surface area (Å²) >= 11 is 7.71. The molecular weight excluding hydrogens is 356 g/mol. The van der Waals surface area contributed by atoms with Crippen molar-refractivity contribution < 1.29 is 21.6 Å². The number of hydrogen-bond acceptors (Lipinski definition) is 2. The molecule has 0 saturated carbocycles. The molecule has 0 unspecified atom stereocenters. The average Bonchev–Trinajstić information content (AvgIpc) is 2.17. The van der Waals surface area contributed by atoms with Gasteiger partial charge in [-0.15, -0.1) is 0 Å². The van der Waals surface area contributed by atoms with Crippen LogP contribution in [0.25, 0.3) is 0 Å². The van der Waals surface area contributed by atoms with Crippen LogP contribution in [0, 0.1) is 17.5 Å². The Labute approximate surface area is 107 Å². The molecule has 0 amide bonds. The number of rotatable bonds is 2. The predicted octanol–water partition coefficient (Wildman–Crippen LogP) is 3.59. The van der Waals surface area contributed by atoms with E-state index in [1.165, 1.54) is 0 Å². The van der Waals surface area contributed by atoms with Gasteiger partial charge >= 0.3 is 0 Å². The zero-order chi connectivity index (χ0) is 12.7. The van der Waals surface area contributed by atoms with Gasteiger partial charge in [0.15, 0.2) is 17.5 Å². The van der Waals surface area contributed by atoms with Gasteiger partial charge < -0.3 is 0 Å². The molecule has 0 fully saturated rings. The topological polar surface area (TPSA) is 34.1 Å². The molecule has 0 aromatic heterocycles. The van der Waals surface area contributed by atoms with Crippen LogP contribution in [0.5, 0.6) is 0 Å². The lowest BCUT2D eigenvalue weighted by Gasteiger charge is -2.08. The molecule has 90 valence electrons. The summed E-state index contributed by atoms with van der Waals surface area (Å²) in [5, 5.41) is -1.06. The first-order chi connectivity index (χ1) is 7.15. The zero-order valence-electron chi connectivity index (χ0n) is 7.20. The summed E-state index contributed by atoms with van der Waals surface area (Å²) in [6, 6.07) is 0. The van der Waals surface area contributed by atoms with Crippen LogP contribution in [0.3, 0.4) is 0 Å². The van der Waals surface area contributed by atoms with Gasteiger partial charge in [-0.3, -0.25) is 0 Å². The normalized spacial score (nSPS) is 11.9. The Kier molecular flexibility index (Phi) is 4.15. The summed E-state index contributed by atoms with van der Waals surface area (Å²) in [7, 11) is 0.720. The monoisotopic (exact) mass is 356 g/mol. The van der Waals surface area contributed by atoms with Crippen molar-refractivity contribution in [1.29, 1.82) is 0 Å². The van der Waals surface area contributed by atoms with Gasteiger partial charge in [0.1, 0.15) is 5.02 Å². The fraction of sp³-hybridized carbons (Fsp3) is 0.143. The first-order valence-electron chi connectivity index (χ1n) is 3.57. The maximum Gasteiger partial charge on any atom is 0.236 e. The molecule has 1 aromatic rings. The number of hydrogen-bond donors (Lipinski definition) is 0. The maximum atomic E-state index is 13.3. The van der Waals surface area contributed by atoms with E-state index in [1.54, 1.807) is 0 Å². The number of benzene rings is 1. The smallest absolute Gasteiger partial charge is 0.212 e. The minimum absolute atomic E-state index is 0.569. The summed E-state index contributed by atoms with van der Waals surface area (Å²) < 4.78 is 60.3. The fourth-order valence-electron chi connectivity index (χ4n) is 0.949. The lowest BCUT2D eigenvalue weighted by Crippen LogP contribution is -2.05. The quantitative estimate of drug-likeness (QED) is 0.460. The molecule has 0 aliphatic heterocycles. The van der Waals surface area contributed by atoms with Gasteiger partial charge in [0.2, 0.25) is 9.05 Å². The van der Waals surface area contributed by atoms with Gasteiger partial charge in [0.05, 0.1) is 10.2 Å². The third-order valence-corrected chi connectivity index (χ3v) is 3.74. The van der Waals surface area contributed by atoms with E-state index in [1.807, 2.05) is 0 Å². The molecule has 16 heavy (non-hydrogen) atoms. The Balaban J connectivity index is 3.52. The van der Waals surface area contributed by atoms with Crippen molar-refractivity contribution >= 4 is 47.3 Å². The lowest BCUT2D eigenvalue weighted by molar-refractivity contribution is 0.485. The fourth-order valence-corrected chi connectivity index (χ4v) is 2.88. The highest BCUT2D eigenvalue weighted by molar-refractivity contribution is 9.10. The molecule has 0 bridgehead atoms. The third kappa shape index (κ3) is 2.82. The Morgan fingerprint density at radius 3 is 2.06 bits per heavy atom. The Hall–Kier alpha value is 0.0200. The van der Waals surface area contributed by atoms with E-state index in [0.717, 1.165) is 0 Å². The lowest BCUT2D eigenvalue weighted by atomic mass is 10.2. The highest BCUT2D eigenvalue weighted by Crippen LogP contribution is 2.33. The van der Waals surface area contributed by atoms with E-state index in [4.69, 9.17) is 22.3 Å². The van der Waals surface area contributed by atoms with Crippen molar-refractivity contribution in [1.82, 2.24) is 0 Å². The van der Waals surface area contributed by atoms with Gasteiger partial charge in [0, 0.05) is 16.2 Å². The largest absolute Gasteiger partial charge is 0.236 e. The van der Waals surface area contributed by atoms with Gasteiger partial charge in [-0.05, 0) is 15.9 Å². The summed E-state index contributed by atoms with van der Waals surface area (Å²) in [5.74, 6) is -5.54. The molecule has 0 aliphatic rings. The molecule has 0 spiro atoms. The predicted molar refractivity (Wildman–Crippen MR) is 57.5 cm³/mol. The SMILES string of the molecule is O=S(=O)(Cl)Cc1c(F)c(F)c(Cl)c(F)c1Br. The van der Waals surface area contributed by atoms with Crippen LogP contribution in [0.15, 0.2) is 4.47 Å². The van der Waals surface area contributed by atoms with Crippen LogP contribution < -0.4 is 0 Å². The summed E-state index contributed by atoms with van der Waals surface area (Å²) in [6.45, 7) is 0. The second-order valence-corrected chi connectivity index (χ2v) is 6.68. The Morgan fingerprint density at radius 2 is 1.62 bits per heavy atom. The molecule has 0 heterocycles. The molecule has 9 heteroatoms. The molecule has 1 rings (SSSR count). The van der Waals surface area contributed by atoms with E-state index in [2.05, 4.69) is 15.9 Å². The van der Waals surface area contributed by atoms with Crippen LogP contribution in [0.4, 0.5) is 13.2 Å². The zero-order valence-corrected chi connectivity index (χ0v) is 11.1. The van der Waals surface area contributed by atoms with Crippen LogP contribution in [-0.4, -0.2) is 8.42 Å². The molecule has 0 saturated heterocycles. The molecule has 0 N–H and O–H groups in total. The third-order valence-electron chi connectivity index (χ3n) is 1.62. The minimum atomic E-state index is -4.14. The molecule has 0 aliphatic carbocycles. The molecular formula is C7H2BrCl2F3O2S. The van der Waals surface area contributed by atoms with E-state index >= 15 is 0 Å². The van der Waals surface area contributed by atoms with E-state index in [0.29, 0.717) is 0 Å². The second kappa shape index (κ2) is 4.72. The summed E-state index contributed by atoms with van der Waals surface area (Å²) in [4.78, 5) is 0. The van der Waals surface area contributed by atoms with Gasteiger partial charge in [-0.1, -0.05) is 11.6 Å². The molecule has 2 nitrogen and oxygen atoms in total. The molecule has 0 radical (unpaired) electrons. The van der Waals surface area contributed by atoms with Crippen LogP contribution in [0.2, 0.25) is 5.02 Å². The van der Waals surface area contributed by atoms with Crippen molar-refractivity contribution in [3.05, 3.63) is 32.5 Å². The van der Waals surface area contributed by atoms with Crippen molar-refractivity contribution in [2.45, 2.75) is 5.75 Å². The van der Waals surface area contributed by atoms with Crippen molar-refractivity contribution in [3.63, 3.8) is 0 Å². The Bertz CT molecular complexity index is 518. The van der Waals surface area contributed by atoms with E-state index < -0.39 is 47.3 Å². The van der Waals surface area contributed by atoms with Gasteiger partial charge in [-0.25, -0.2) is 21.6 Å². The van der Waals surface area contributed by atoms with Crippen LogP contribution in [0.1, 0.15) is 5.56 Å². The summed E-state index contributed by atoms with van der Waals surface area (Å²) in [6.07, 6.45) is 0. The van der Waals surface area contributed by atoms with Crippen molar-refractivity contribution in [3.8, 4) is 0 Å². The minimum Gasteiger partial charge on any atom is -0.212 e.